The first-order valence-electron chi connectivity index (χ1n) is 10.6. The van der Waals surface area contributed by atoms with Crippen LogP contribution in [0.3, 0.4) is 0 Å². The van der Waals surface area contributed by atoms with Gasteiger partial charge >= 0.3 is 12.1 Å². The molecular weight excluding hydrogens is 480 g/mol. The van der Waals surface area contributed by atoms with Crippen molar-refractivity contribution in [3.63, 3.8) is 0 Å². The number of nitrogens with one attached hydrogen (secondary N) is 1. The fourth-order valence-electron chi connectivity index (χ4n) is 3.63. The van der Waals surface area contributed by atoms with Crippen LogP contribution in [0.5, 0.6) is 0 Å². The molecule has 182 valence electrons. The maximum Gasteiger partial charge on any atom is 0.471 e. The van der Waals surface area contributed by atoms with E-state index in [2.05, 4.69) is 29.8 Å². The number of nitrogens with zero attached hydrogens (tertiary/aromatic N) is 5. The van der Waals surface area contributed by atoms with E-state index in [0.717, 1.165) is 5.39 Å². The van der Waals surface area contributed by atoms with Crippen LogP contribution in [0.1, 0.15) is 17.3 Å². The van der Waals surface area contributed by atoms with Crippen LogP contribution in [0.2, 0.25) is 0 Å². The monoisotopic (exact) mass is 496 g/mol. The summed E-state index contributed by atoms with van der Waals surface area (Å²) in [5.41, 5.74) is 2.25. The number of benzene rings is 2. The van der Waals surface area contributed by atoms with Crippen molar-refractivity contribution >= 4 is 22.5 Å². The summed E-state index contributed by atoms with van der Waals surface area (Å²) < 4.78 is 56.4. The van der Waals surface area contributed by atoms with Gasteiger partial charge in [-0.1, -0.05) is 29.4 Å². The van der Waals surface area contributed by atoms with Gasteiger partial charge in [0.05, 0.1) is 29.9 Å². The highest BCUT2D eigenvalue weighted by molar-refractivity contribution is 5.96. The average Bonchev–Trinajstić information content (AvgIpc) is 3.51. The Morgan fingerprint density at radius 1 is 1.06 bits per heavy atom. The van der Waals surface area contributed by atoms with Gasteiger partial charge in [0.1, 0.15) is 5.82 Å². The maximum atomic E-state index is 14.0. The molecular formula is C24H16F4N6O2. The molecule has 8 nitrogen and oxygen atoms in total. The predicted octanol–water partition coefficient (Wildman–Crippen LogP) is 4.94. The highest BCUT2D eigenvalue weighted by atomic mass is 19.4. The first-order chi connectivity index (χ1) is 17.3. The average molecular weight is 496 g/mol. The van der Waals surface area contributed by atoms with Crippen LogP contribution < -0.4 is 4.90 Å². The van der Waals surface area contributed by atoms with Crippen LogP contribution in [0, 0.1) is 5.82 Å². The molecule has 36 heavy (non-hydrogen) atoms. The second kappa shape index (κ2) is 9.21. The molecule has 3 aromatic heterocycles. The number of rotatable bonds is 6. The largest absolute Gasteiger partial charge is 0.471 e. The van der Waals surface area contributed by atoms with E-state index in [4.69, 9.17) is 0 Å². The van der Waals surface area contributed by atoms with E-state index in [1.54, 1.807) is 6.07 Å². The lowest BCUT2D eigenvalue weighted by molar-refractivity contribution is -0.159. The van der Waals surface area contributed by atoms with E-state index in [0.29, 0.717) is 22.6 Å². The Hall–Kier alpha value is -4.61. The molecule has 0 aliphatic rings. The van der Waals surface area contributed by atoms with Crippen molar-refractivity contribution in [1.82, 2.24) is 25.3 Å². The quantitative estimate of drug-likeness (QED) is 0.334. The molecule has 0 aliphatic heterocycles. The Kier molecular flexibility index (Phi) is 5.92. The Morgan fingerprint density at radius 3 is 2.61 bits per heavy atom. The van der Waals surface area contributed by atoms with Crippen molar-refractivity contribution in [2.75, 3.05) is 4.90 Å². The zero-order valence-corrected chi connectivity index (χ0v) is 18.3. The summed E-state index contributed by atoms with van der Waals surface area (Å²) in [5, 5.41) is 11.2. The summed E-state index contributed by atoms with van der Waals surface area (Å²) in [6.07, 6.45) is -3.51. The number of carbonyl (C=O) groups is 1. The fourth-order valence-corrected chi connectivity index (χ4v) is 3.63. The highest BCUT2D eigenvalue weighted by Gasteiger charge is 2.38. The van der Waals surface area contributed by atoms with Crippen LogP contribution in [0.15, 0.2) is 71.4 Å². The zero-order valence-electron chi connectivity index (χ0n) is 18.3. The number of anilines is 1. The normalized spacial score (nSPS) is 11.7. The third-order valence-electron chi connectivity index (χ3n) is 5.36. The number of hydrogen-bond acceptors (Lipinski definition) is 6. The second-order valence-electron chi connectivity index (χ2n) is 7.81. The number of carbonyl (C=O) groups excluding carboxylic acids is 1. The number of H-pyrrole nitrogens is 1. The van der Waals surface area contributed by atoms with Crippen molar-refractivity contribution in [2.24, 2.45) is 0 Å². The Balaban J connectivity index is 1.40. The van der Waals surface area contributed by atoms with Gasteiger partial charge in [-0.15, -0.1) is 0 Å². The number of aromatic amines is 1. The van der Waals surface area contributed by atoms with Crippen LogP contribution >= 0.6 is 0 Å². The van der Waals surface area contributed by atoms with Crippen molar-refractivity contribution in [2.45, 2.75) is 19.1 Å². The zero-order chi connectivity index (χ0) is 25.3. The number of pyridine rings is 1. The van der Waals surface area contributed by atoms with Gasteiger partial charge in [0, 0.05) is 22.8 Å². The lowest BCUT2D eigenvalue weighted by Crippen LogP contribution is -2.32. The maximum absolute atomic E-state index is 14.0. The minimum absolute atomic E-state index is 0.0192. The van der Waals surface area contributed by atoms with E-state index in [9.17, 15) is 22.4 Å². The van der Waals surface area contributed by atoms with Crippen LogP contribution in [0.25, 0.3) is 22.3 Å². The molecule has 0 atom stereocenters. The third kappa shape index (κ3) is 4.78. The Bertz CT molecular complexity index is 1530. The first-order valence-corrected chi connectivity index (χ1v) is 10.6. The van der Waals surface area contributed by atoms with Gasteiger partial charge in [-0.05, 0) is 36.4 Å². The molecule has 5 rings (SSSR count). The topological polar surface area (TPSA) is 101 Å². The summed E-state index contributed by atoms with van der Waals surface area (Å²) in [6.45, 7) is -0.0192. The van der Waals surface area contributed by atoms with E-state index in [1.165, 1.54) is 41.4 Å². The molecule has 0 fully saturated rings. The molecule has 1 N–H and O–H groups in total. The van der Waals surface area contributed by atoms with Gasteiger partial charge in [0.15, 0.2) is 0 Å². The van der Waals surface area contributed by atoms with Gasteiger partial charge in [-0.2, -0.15) is 23.3 Å². The molecule has 0 saturated heterocycles. The molecule has 0 bridgehead atoms. The summed E-state index contributed by atoms with van der Waals surface area (Å²) >= 11 is 0. The van der Waals surface area contributed by atoms with Gasteiger partial charge < -0.3 is 9.42 Å². The van der Waals surface area contributed by atoms with Gasteiger partial charge in [0.2, 0.25) is 11.7 Å². The van der Waals surface area contributed by atoms with Gasteiger partial charge in [-0.25, -0.2) is 4.39 Å². The number of amides is 1. The van der Waals surface area contributed by atoms with Gasteiger partial charge in [0.25, 0.3) is 0 Å². The number of fused-ring (bicyclic) bond motifs is 1. The minimum atomic E-state index is -4.76. The van der Waals surface area contributed by atoms with Crippen molar-refractivity contribution in [3.8, 4) is 11.4 Å². The third-order valence-corrected chi connectivity index (χ3v) is 5.36. The molecule has 1 amide bonds. The smallest absolute Gasteiger partial charge is 0.329 e. The number of aromatic nitrogens is 5. The number of para-hydroxylation sites is 1. The molecule has 0 saturated carbocycles. The SMILES string of the molecule is O=C(Cc1[nH]nc2ccccc12)N(Cc1ccc(-c2noc(C(F)(F)F)n2)cn1)c1cccc(F)c1. The van der Waals surface area contributed by atoms with E-state index >= 15 is 0 Å². The summed E-state index contributed by atoms with van der Waals surface area (Å²) in [4.78, 5) is 22.3. The Morgan fingerprint density at radius 2 is 1.89 bits per heavy atom. The lowest BCUT2D eigenvalue weighted by atomic mass is 10.1. The number of halogens is 4. The molecule has 5 aromatic rings. The van der Waals surface area contributed by atoms with Crippen LogP contribution in [-0.4, -0.2) is 31.2 Å². The summed E-state index contributed by atoms with van der Waals surface area (Å²) in [7, 11) is 0. The minimum Gasteiger partial charge on any atom is -0.329 e. The summed E-state index contributed by atoms with van der Waals surface area (Å²) in [6, 6.07) is 15.9. The standard InChI is InChI=1S/C24H16F4N6O2/c25-15-4-3-5-17(10-15)34(21(35)11-20-18-6-1-2-7-19(18)31-32-20)13-16-9-8-14(12-29-16)22-30-23(36-33-22)24(26,27)28/h1-10,12H,11,13H2,(H,31,32). The van der Waals surface area contributed by atoms with Gasteiger partial charge in [-0.3, -0.25) is 14.9 Å². The van der Waals surface area contributed by atoms with E-state index in [1.807, 2.05) is 24.3 Å². The van der Waals surface area contributed by atoms with E-state index < -0.39 is 17.9 Å². The molecule has 0 radical (unpaired) electrons. The number of hydrogen-bond donors (Lipinski definition) is 1. The fraction of sp³-hybridized carbons (Fsp3) is 0.125. The van der Waals surface area contributed by atoms with E-state index in [-0.39, 0.29) is 30.3 Å². The first kappa shape index (κ1) is 23.1. The molecule has 12 heteroatoms. The molecule has 2 aromatic carbocycles. The summed E-state index contributed by atoms with van der Waals surface area (Å²) in [5.74, 6) is -2.59. The predicted molar refractivity (Wildman–Crippen MR) is 120 cm³/mol. The lowest BCUT2D eigenvalue weighted by Gasteiger charge is -2.22. The van der Waals surface area contributed by atoms with Crippen molar-refractivity contribution < 1.29 is 26.9 Å². The molecule has 0 aliphatic carbocycles. The highest BCUT2D eigenvalue weighted by Crippen LogP contribution is 2.29. The van der Waals surface area contributed by atoms with Crippen LogP contribution in [-0.2, 0) is 23.9 Å². The van der Waals surface area contributed by atoms with Crippen LogP contribution in [0.4, 0.5) is 23.2 Å². The van der Waals surface area contributed by atoms with Crippen molar-refractivity contribution in [1.29, 1.82) is 0 Å². The number of alkyl halides is 3. The second-order valence-corrected chi connectivity index (χ2v) is 7.81. The molecule has 3 heterocycles. The molecule has 0 unspecified atom stereocenters. The molecule has 0 spiro atoms. The van der Waals surface area contributed by atoms with Crippen molar-refractivity contribution in [3.05, 3.63) is 90.0 Å². The Labute approximate surface area is 200 Å².